The van der Waals surface area contributed by atoms with E-state index in [1.165, 1.54) is 6.33 Å². The highest BCUT2D eigenvalue weighted by molar-refractivity contribution is 6.31. The first-order valence-corrected chi connectivity index (χ1v) is 6.80. The maximum atomic E-state index is 6.37. The molecule has 0 spiro atoms. The molecule has 0 radical (unpaired) electrons. The summed E-state index contributed by atoms with van der Waals surface area (Å²) in [4.78, 5) is 8.07. The summed E-state index contributed by atoms with van der Waals surface area (Å²) in [5.41, 5.74) is 8.90. The number of halogens is 1. The molecule has 2 aromatic rings. The van der Waals surface area contributed by atoms with Gasteiger partial charge in [-0.05, 0) is 19.4 Å². The van der Waals surface area contributed by atoms with Crippen LogP contribution in [-0.2, 0) is 19.4 Å². The Morgan fingerprint density at radius 1 is 1.42 bits per heavy atom. The zero-order valence-electron chi connectivity index (χ0n) is 11.2. The number of aryl methyl sites for hydroxylation is 2. The molecule has 0 aliphatic heterocycles. The quantitative estimate of drug-likeness (QED) is 0.910. The van der Waals surface area contributed by atoms with Gasteiger partial charge in [0.05, 0.1) is 28.1 Å². The van der Waals surface area contributed by atoms with Crippen molar-refractivity contribution in [1.29, 1.82) is 0 Å². The topological polar surface area (TPSA) is 69.6 Å². The van der Waals surface area contributed by atoms with Crippen molar-refractivity contribution >= 4 is 11.6 Å². The Morgan fingerprint density at radius 3 is 2.79 bits per heavy atom. The first-order chi connectivity index (χ1) is 9.17. The van der Waals surface area contributed by atoms with E-state index >= 15 is 0 Å². The van der Waals surface area contributed by atoms with Crippen molar-refractivity contribution in [2.45, 2.75) is 39.3 Å². The van der Waals surface area contributed by atoms with E-state index in [-0.39, 0.29) is 6.04 Å². The van der Waals surface area contributed by atoms with Gasteiger partial charge in [0.25, 0.3) is 0 Å². The van der Waals surface area contributed by atoms with Crippen molar-refractivity contribution in [1.82, 2.24) is 19.7 Å². The van der Waals surface area contributed by atoms with E-state index in [1.807, 2.05) is 24.6 Å². The fourth-order valence-corrected chi connectivity index (χ4v) is 2.39. The molecular weight excluding hydrogens is 262 g/mol. The highest BCUT2D eigenvalue weighted by Crippen LogP contribution is 2.25. The largest absolute Gasteiger partial charge is 0.322 e. The van der Waals surface area contributed by atoms with Gasteiger partial charge in [-0.25, -0.2) is 9.97 Å². The summed E-state index contributed by atoms with van der Waals surface area (Å²) in [6.07, 6.45) is 4.64. The van der Waals surface area contributed by atoms with Crippen molar-refractivity contribution in [2.75, 3.05) is 0 Å². The number of aromatic nitrogens is 4. The van der Waals surface area contributed by atoms with Gasteiger partial charge in [-0.2, -0.15) is 5.10 Å². The Bertz CT molecular complexity index is 537. The molecule has 1 unspecified atom stereocenters. The molecule has 5 nitrogen and oxygen atoms in total. The molecule has 0 amide bonds. The van der Waals surface area contributed by atoms with Crippen LogP contribution in [0.5, 0.6) is 0 Å². The van der Waals surface area contributed by atoms with Crippen molar-refractivity contribution in [2.24, 2.45) is 5.73 Å². The van der Waals surface area contributed by atoms with Crippen molar-refractivity contribution in [3.05, 3.63) is 40.7 Å². The first-order valence-electron chi connectivity index (χ1n) is 6.42. The zero-order valence-corrected chi connectivity index (χ0v) is 11.9. The monoisotopic (exact) mass is 279 g/mol. The van der Waals surface area contributed by atoms with Crippen LogP contribution in [0.15, 0.2) is 18.6 Å². The standard InChI is InChI=1S/C13H18ClN5/c1-3-10-13(14)12(19(4-2)18-10)7-9(15)11-5-6-16-8-17-11/h5-6,8-9H,3-4,7,15H2,1-2H3. The maximum absolute atomic E-state index is 6.37. The van der Waals surface area contributed by atoms with E-state index in [0.717, 1.165) is 35.1 Å². The smallest absolute Gasteiger partial charge is 0.115 e. The SMILES string of the molecule is CCc1nn(CC)c(CC(N)c2ccncn2)c1Cl. The van der Waals surface area contributed by atoms with E-state index in [0.29, 0.717) is 6.42 Å². The van der Waals surface area contributed by atoms with Crippen LogP contribution in [0, 0.1) is 0 Å². The Labute approximate surface area is 117 Å². The van der Waals surface area contributed by atoms with Gasteiger partial charge in [-0.1, -0.05) is 18.5 Å². The lowest BCUT2D eigenvalue weighted by atomic mass is 10.1. The minimum Gasteiger partial charge on any atom is -0.322 e. The number of hydrogen-bond donors (Lipinski definition) is 1. The number of rotatable bonds is 5. The van der Waals surface area contributed by atoms with Crippen molar-refractivity contribution < 1.29 is 0 Å². The molecule has 0 aliphatic rings. The molecule has 0 aliphatic carbocycles. The molecule has 1 atom stereocenters. The molecule has 0 aromatic carbocycles. The molecule has 102 valence electrons. The lowest BCUT2D eigenvalue weighted by Gasteiger charge is -2.12. The lowest BCUT2D eigenvalue weighted by Crippen LogP contribution is -2.17. The molecule has 0 saturated carbocycles. The van der Waals surface area contributed by atoms with E-state index in [1.54, 1.807) is 6.20 Å². The molecule has 6 heteroatoms. The molecular formula is C13H18ClN5. The average molecular weight is 280 g/mol. The molecule has 2 aromatic heterocycles. The third-order valence-corrected chi connectivity index (χ3v) is 3.53. The predicted molar refractivity (Wildman–Crippen MR) is 75.0 cm³/mol. The van der Waals surface area contributed by atoms with Gasteiger partial charge in [0.15, 0.2) is 0 Å². The molecule has 2 N–H and O–H groups in total. The summed E-state index contributed by atoms with van der Waals surface area (Å²) in [7, 11) is 0. The Morgan fingerprint density at radius 2 is 2.21 bits per heavy atom. The second-order valence-electron chi connectivity index (χ2n) is 4.32. The lowest BCUT2D eigenvalue weighted by molar-refractivity contribution is 0.580. The maximum Gasteiger partial charge on any atom is 0.115 e. The second kappa shape index (κ2) is 6.12. The summed E-state index contributed by atoms with van der Waals surface area (Å²) in [6.45, 7) is 4.87. The van der Waals surface area contributed by atoms with E-state index in [2.05, 4.69) is 15.1 Å². The fourth-order valence-electron chi connectivity index (χ4n) is 2.05. The van der Waals surface area contributed by atoms with Crippen LogP contribution in [0.3, 0.4) is 0 Å². The summed E-state index contributed by atoms with van der Waals surface area (Å²) in [5, 5.41) is 5.22. The van der Waals surface area contributed by atoms with Gasteiger partial charge in [-0.15, -0.1) is 0 Å². The van der Waals surface area contributed by atoms with Gasteiger partial charge in [0.1, 0.15) is 6.33 Å². The molecule has 0 saturated heterocycles. The van der Waals surface area contributed by atoms with Gasteiger partial charge in [0, 0.05) is 19.2 Å². The van der Waals surface area contributed by atoms with Gasteiger partial charge in [-0.3, -0.25) is 4.68 Å². The van der Waals surface area contributed by atoms with Crippen LogP contribution in [0.1, 0.15) is 37.0 Å². The second-order valence-corrected chi connectivity index (χ2v) is 4.70. The molecule has 0 fully saturated rings. The van der Waals surface area contributed by atoms with Crippen LogP contribution in [0.2, 0.25) is 5.02 Å². The minimum atomic E-state index is -0.202. The van der Waals surface area contributed by atoms with Gasteiger partial charge < -0.3 is 5.73 Å². The Hall–Kier alpha value is -1.46. The average Bonchev–Trinajstić information content (AvgIpc) is 2.76. The van der Waals surface area contributed by atoms with Gasteiger partial charge >= 0.3 is 0 Å². The summed E-state index contributed by atoms with van der Waals surface area (Å²) < 4.78 is 1.92. The van der Waals surface area contributed by atoms with Crippen LogP contribution >= 0.6 is 11.6 Å². The number of nitrogens with two attached hydrogens (primary N) is 1. The third-order valence-electron chi connectivity index (χ3n) is 3.09. The molecule has 2 heterocycles. The molecule has 2 rings (SSSR count). The third kappa shape index (κ3) is 2.93. The van der Waals surface area contributed by atoms with E-state index in [9.17, 15) is 0 Å². The predicted octanol–water partition coefficient (Wildman–Crippen LogP) is 2.15. The van der Waals surface area contributed by atoms with Crippen molar-refractivity contribution in [3.63, 3.8) is 0 Å². The highest BCUT2D eigenvalue weighted by atomic mass is 35.5. The minimum absolute atomic E-state index is 0.202. The van der Waals surface area contributed by atoms with Crippen LogP contribution in [0.25, 0.3) is 0 Å². The van der Waals surface area contributed by atoms with Crippen LogP contribution in [0.4, 0.5) is 0 Å². The molecule has 19 heavy (non-hydrogen) atoms. The Kier molecular flexibility index (Phi) is 4.50. The Balaban J connectivity index is 2.26. The normalized spacial score (nSPS) is 12.6. The van der Waals surface area contributed by atoms with Crippen LogP contribution in [-0.4, -0.2) is 19.7 Å². The number of nitrogens with zero attached hydrogens (tertiary/aromatic N) is 4. The first kappa shape index (κ1) is 14.0. The summed E-state index contributed by atoms with van der Waals surface area (Å²) in [6, 6.07) is 1.62. The fraction of sp³-hybridized carbons (Fsp3) is 0.462. The van der Waals surface area contributed by atoms with Crippen LogP contribution < -0.4 is 5.73 Å². The van der Waals surface area contributed by atoms with Crippen molar-refractivity contribution in [3.8, 4) is 0 Å². The summed E-state index contributed by atoms with van der Waals surface area (Å²) in [5.74, 6) is 0. The zero-order chi connectivity index (χ0) is 13.8. The highest BCUT2D eigenvalue weighted by Gasteiger charge is 2.18. The van der Waals surface area contributed by atoms with Gasteiger partial charge in [0.2, 0.25) is 0 Å². The molecule has 0 bridgehead atoms. The van der Waals surface area contributed by atoms with E-state index in [4.69, 9.17) is 17.3 Å². The van der Waals surface area contributed by atoms with E-state index < -0.39 is 0 Å². The number of hydrogen-bond acceptors (Lipinski definition) is 4. The summed E-state index contributed by atoms with van der Waals surface area (Å²) >= 11 is 6.37.